The van der Waals surface area contributed by atoms with Crippen LogP contribution in [0.3, 0.4) is 0 Å². The number of benzene rings is 1. The molecule has 0 aliphatic carbocycles. The Kier molecular flexibility index (Phi) is 3.92. The predicted octanol–water partition coefficient (Wildman–Crippen LogP) is 2.36. The van der Waals surface area contributed by atoms with Crippen LogP contribution in [0.5, 0.6) is 0 Å². The summed E-state index contributed by atoms with van der Waals surface area (Å²) < 4.78 is 32.8. The summed E-state index contributed by atoms with van der Waals surface area (Å²) in [6.07, 6.45) is 1.54. The number of nitrogens with zero attached hydrogens (tertiary/aromatic N) is 4. The Hall–Kier alpha value is -2.52. The molecule has 1 aromatic carbocycles. The number of methoxy groups -OCH3 is 1. The molecule has 0 spiro atoms. The molecule has 0 saturated carbocycles. The summed E-state index contributed by atoms with van der Waals surface area (Å²) in [6, 6.07) is 5.21. The summed E-state index contributed by atoms with van der Waals surface area (Å²) in [5.74, 6) is -2.67. The highest BCUT2D eigenvalue weighted by Crippen LogP contribution is 2.29. The lowest BCUT2D eigenvalue weighted by atomic mass is 10.2. The average Bonchev–Trinajstić information content (AvgIpc) is 2.97. The Morgan fingerprint density at radius 2 is 2.15 bits per heavy atom. The van der Waals surface area contributed by atoms with Gasteiger partial charge < -0.3 is 9.64 Å². The number of hydrogen-bond acceptors (Lipinski definition) is 5. The fourth-order valence-corrected chi connectivity index (χ4v) is 3.08. The SMILES string of the molecule is COCc1cc(Cl)ccc1-n1cc2c(=O)[nH]c(N3CC(F)(F)C3)nc2n1. The van der Waals surface area contributed by atoms with Crippen molar-refractivity contribution < 1.29 is 13.5 Å². The first-order valence-electron chi connectivity index (χ1n) is 7.76. The van der Waals surface area contributed by atoms with E-state index in [-0.39, 0.29) is 17.0 Å². The van der Waals surface area contributed by atoms with Gasteiger partial charge in [0.05, 0.1) is 25.4 Å². The van der Waals surface area contributed by atoms with Crippen LogP contribution in [0.1, 0.15) is 5.56 Å². The summed E-state index contributed by atoms with van der Waals surface area (Å²) in [5, 5.41) is 5.14. The van der Waals surface area contributed by atoms with Gasteiger partial charge in [0.2, 0.25) is 5.95 Å². The number of hydrogen-bond donors (Lipinski definition) is 1. The summed E-state index contributed by atoms with van der Waals surface area (Å²) >= 11 is 6.03. The van der Waals surface area contributed by atoms with Gasteiger partial charge in [-0.05, 0) is 18.2 Å². The zero-order valence-corrected chi connectivity index (χ0v) is 14.4. The maximum atomic E-state index is 13.1. The van der Waals surface area contributed by atoms with E-state index in [4.69, 9.17) is 16.3 Å². The quantitative estimate of drug-likeness (QED) is 0.751. The minimum Gasteiger partial charge on any atom is -0.380 e. The molecule has 0 unspecified atom stereocenters. The molecule has 136 valence electrons. The van der Waals surface area contributed by atoms with E-state index in [0.717, 1.165) is 5.56 Å². The van der Waals surface area contributed by atoms with E-state index >= 15 is 0 Å². The van der Waals surface area contributed by atoms with Crippen molar-refractivity contribution in [3.8, 4) is 5.69 Å². The lowest BCUT2D eigenvalue weighted by molar-refractivity contribution is -0.0271. The Labute approximate surface area is 151 Å². The third-order valence-corrected chi connectivity index (χ3v) is 4.34. The van der Waals surface area contributed by atoms with E-state index in [1.54, 1.807) is 25.3 Å². The van der Waals surface area contributed by atoms with Gasteiger partial charge in [0.15, 0.2) is 5.65 Å². The number of ether oxygens (including phenoxy) is 1. The first-order valence-corrected chi connectivity index (χ1v) is 8.14. The van der Waals surface area contributed by atoms with Crippen LogP contribution in [0.4, 0.5) is 14.7 Å². The number of H-pyrrole nitrogens is 1. The molecular formula is C16H14ClF2N5O2. The highest BCUT2D eigenvalue weighted by molar-refractivity contribution is 6.30. The number of rotatable bonds is 4. The molecule has 4 rings (SSSR count). The van der Waals surface area contributed by atoms with Crippen LogP contribution >= 0.6 is 11.6 Å². The summed E-state index contributed by atoms with van der Waals surface area (Å²) in [6.45, 7) is -0.640. The number of anilines is 1. The van der Waals surface area contributed by atoms with E-state index in [1.165, 1.54) is 15.8 Å². The molecule has 10 heteroatoms. The number of fused-ring (bicyclic) bond motifs is 1. The summed E-state index contributed by atoms with van der Waals surface area (Å²) in [5.41, 5.74) is 1.21. The monoisotopic (exact) mass is 381 g/mol. The zero-order valence-electron chi connectivity index (χ0n) is 13.7. The van der Waals surface area contributed by atoms with Crippen molar-refractivity contribution in [3.05, 3.63) is 45.3 Å². The van der Waals surface area contributed by atoms with Gasteiger partial charge in [-0.15, -0.1) is 5.10 Å². The van der Waals surface area contributed by atoms with Crippen LogP contribution in [0, 0.1) is 0 Å². The highest BCUT2D eigenvalue weighted by atomic mass is 35.5. The van der Waals surface area contributed by atoms with Crippen molar-refractivity contribution >= 4 is 28.6 Å². The maximum Gasteiger partial charge on any atom is 0.282 e. The van der Waals surface area contributed by atoms with Crippen LogP contribution in [0.15, 0.2) is 29.2 Å². The lowest BCUT2D eigenvalue weighted by Crippen LogP contribution is -2.57. The minimum atomic E-state index is -2.76. The van der Waals surface area contributed by atoms with E-state index in [9.17, 15) is 13.6 Å². The van der Waals surface area contributed by atoms with E-state index in [1.807, 2.05) is 0 Å². The van der Waals surface area contributed by atoms with Crippen molar-refractivity contribution in [1.82, 2.24) is 19.7 Å². The Bertz CT molecular complexity index is 1040. The van der Waals surface area contributed by atoms with E-state index in [0.29, 0.717) is 17.3 Å². The second-order valence-corrected chi connectivity index (χ2v) is 6.55. The fraction of sp³-hybridized carbons (Fsp3) is 0.312. The van der Waals surface area contributed by atoms with Crippen LogP contribution in [0.25, 0.3) is 16.7 Å². The third-order valence-electron chi connectivity index (χ3n) is 4.11. The van der Waals surface area contributed by atoms with E-state index < -0.39 is 24.6 Å². The van der Waals surface area contributed by atoms with Crippen LogP contribution in [-0.4, -0.2) is 45.9 Å². The van der Waals surface area contributed by atoms with Crippen LogP contribution in [0.2, 0.25) is 5.02 Å². The zero-order chi connectivity index (χ0) is 18.5. The standard InChI is InChI=1S/C16H14ClF2N5O2/c1-26-6-9-4-10(17)2-3-12(9)24-5-11-13(22-24)20-15(21-14(11)25)23-7-16(18,19)8-23/h2-5H,6-8H2,1H3,(H,20,21,22,25). The molecule has 1 aliphatic rings. The molecule has 1 N–H and O–H groups in total. The van der Waals surface area contributed by atoms with Crippen molar-refractivity contribution in [3.63, 3.8) is 0 Å². The van der Waals surface area contributed by atoms with Gasteiger partial charge in [0, 0.05) is 23.9 Å². The molecule has 2 aromatic heterocycles. The smallest absolute Gasteiger partial charge is 0.282 e. The van der Waals surface area contributed by atoms with Gasteiger partial charge in [-0.3, -0.25) is 9.78 Å². The first kappa shape index (κ1) is 16.9. The second kappa shape index (κ2) is 6.03. The van der Waals surface area contributed by atoms with Crippen molar-refractivity contribution in [1.29, 1.82) is 0 Å². The van der Waals surface area contributed by atoms with Crippen molar-refractivity contribution in [2.75, 3.05) is 25.1 Å². The third kappa shape index (κ3) is 2.93. The fourth-order valence-electron chi connectivity index (χ4n) is 2.89. The number of halogens is 3. The van der Waals surface area contributed by atoms with Gasteiger partial charge >= 0.3 is 0 Å². The van der Waals surface area contributed by atoms with Gasteiger partial charge in [0.25, 0.3) is 11.5 Å². The molecule has 3 heterocycles. The number of aromatic amines is 1. The molecule has 0 bridgehead atoms. The maximum absolute atomic E-state index is 13.1. The lowest BCUT2D eigenvalue weighted by Gasteiger charge is -2.38. The topological polar surface area (TPSA) is 76.0 Å². The van der Waals surface area contributed by atoms with Gasteiger partial charge in [-0.2, -0.15) is 4.98 Å². The predicted molar refractivity (Wildman–Crippen MR) is 92.4 cm³/mol. The van der Waals surface area contributed by atoms with Crippen molar-refractivity contribution in [2.24, 2.45) is 0 Å². The largest absolute Gasteiger partial charge is 0.380 e. The molecule has 0 atom stereocenters. The van der Waals surface area contributed by atoms with Crippen molar-refractivity contribution in [2.45, 2.75) is 12.5 Å². The summed E-state index contributed by atoms with van der Waals surface area (Å²) in [7, 11) is 1.56. The molecule has 1 fully saturated rings. The van der Waals surface area contributed by atoms with Gasteiger partial charge in [0.1, 0.15) is 5.39 Å². The molecule has 1 saturated heterocycles. The summed E-state index contributed by atoms with van der Waals surface area (Å²) in [4.78, 5) is 20.4. The van der Waals surface area contributed by atoms with E-state index in [2.05, 4.69) is 15.1 Å². The average molecular weight is 382 g/mol. The Morgan fingerprint density at radius 3 is 2.85 bits per heavy atom. The first-order chi connectivity index (χ1) is 12.4. The highest BCUT2D eigenvalue weighted by Gasteiger charge is 2.45. The number of alkyl halides is 2. The molecular weight excluding hydrogens is 368 g/mol. The Morgan fingerprint density at radius 1 is 1.38 bits per heavy atom. The molecule has 1 aliphatic heterocycles. The Balaban J connectivity index is 1.77. The normalized spacial score (nSPS) is 16.1. The minimum absolute atomic E-state index is 0.0897. The van der Waals surface area contributed by atoms with Gasteiger partial charge in [-0.1, -0.05) is 11.6 Å². The second-order valence-electron chi connectivity index (χ2n) is 6.12. The molecule has 3 aromatic rings. The molecule has 0 amide bonds. The van der Waals surface area contributed by atoms with Crippen LogP contribution in [-0.2, 0) is 11.3 Å². The number of nitrogens with one attached hydrogen (secondary N) is 1. The van der Waals surface area contributed by atoms with Crippen LogP contribution < -0.4 is 10.5 Å². The molecule has 7 nitrogen and oxygen atoms in total. The molecule has 26 heavy (non-hydrogen) atoms. The molecule has 0 radical (unpaired) electrons. The number of aromatic nitrogens is 4. The van der Waals surface area contributed by atoms with Gasteiger partial charge in [-0.25, -0.2) is 13.5 Å².